The molecule has 9 nitrogen and oxygen atoms in total. The lowest BCUT2D eigenvalue weighted by molar-refractivity contribution is -0.132. The zero-order valence-corrected chi connectivity index (χ0v) is 21.6. The molecule has 3 aromatic rings. The van der Waals surface area contributed by atoms with E-state index in [0.29, 0.717) is 35.3 Å². The number of anilines is 1. The number of amides is 1. The van der Waals surface area contributed by atoms with Crippen LogP contribution in [0, 0.1) is 17.8 Å². The van der Waals surface area contributed by atoms with E-state index in [9.17, 15) is 9.90 Å². The number of rotatable bonds is 4. The predicted octanol–water partition coefficient (Wildman–Crippen LogP) is 2.31. The van der Waals surface area contributed by atoms with E-state index in [0.717, 1.165) is 41.7 Å². The summed E-state index contributed by atoms with van der Waals surface area (Å²) in [5, 5.41) is 11.9. The number of methoxy groups -OCH3 is 1. The van der Waals surface area contributed by atoms with Crippen molar-refractivity contribution in [3.63, 3.8) is 0 Å². The average Bonchev–Trinajstić information content (AvgIpc) is 3.16. The topological polar surface area (TPSA) is 110 Å². The Morgan fingerprint density at radius 2 is 2.11 bits per heavy atom. The number of carbonyl (C=O) groups is 1. The normalized spacial score (nSPS) is 20.3. The van der Waals surface area contributed by atoms with Gasteiger partial charge in [0.1, 0.15) is 29.2 Å². The Morgan fingerprint density at radius 3 is 2.81 bits per heavy atom. The standard InChI is InChI=1S/C27H29ClN6O3/c1-4-23(36)33-10-9-19(21(35)14-33)34-12-16(13-34)5-8-20-24(17-6-7-18(28)22(11-17)37-3)25-26(29)30-15-31-27(25)32(20)2/h4,6-7,11,15-16,19,21,35H,1,9-10,12-14H2,2-3H3,(H2,29,30,31)/t19-,21+/m0/s1. The second kappa shape index (κ2) is 10.1. The first-order valence-electron chi connectivity index (χ1n) is 12.1. The predicted molar refractivity (Wildman–Crippen MR) is 143 cm³/mol. The zero-order chi connectivity index (χ0) is 26.3. The molecule has 192 valence electrons. The number of aryl methyl sites for hydroxylation is 1. The van der Waals surface area contributed by atoms with Gasteiger partial charge in [0.25, 0.3) is 0 Å². The molecule has 1 amide bonds. The largest absolute Gasteiger partial charge is 0.495 e. The van der Waals surface area contributed by atoms with E-state index in [1.807, 2.05) is 23.7 Å². The summed E-state index contributed by atoms with van der Waals surface area (Å²) in [4.78, 5) is 24.4. The number of hydrogen-bond acceptors (Lipinski definition) is 7. The lowest BCUT2D eigenvalue weighted by Gasteiger charge is -2.47. The molecular formula is C27H29ClN6O3. The molecule has 0 spiro atoms. The molecule has 2 fully saturated rings. The Bertz CT molecular complexity index is 1440. The number of likely N-dealkylation sites (tertiary alicyclic amines) is 2. The van der Waals surface area contributed by atoms with Crippen molar-refractivity contribution in [1.29, 1.82) is 0 Å². The van der Waals surface area contributed by atoms with Crippen molar-refractivity contribution < 1.29 is 14.6 Å². The van der Waals surface area contributed by atoms with Gasteiger partial charge in [-0.15, -0.1) is 0 Å². The quantitative estimate of drug-likeness (QED) is 0.401. The third-order valence-corrected chi connectivity index (χ3v) is 7.55. The van der Waals surface area contributed by atoms with Gasteiger partial charge < -0.3 is 25.0 Å². The van der Waals surface area contributed by atoms with Gasteiger partial charge in [-0.3, -0.25) is 9.69 Å². The second-order valence-corrected chi connectivity index (χ2v) is 9.83. The molecule has 0 bridgehead atoms. The lowest BCUT2D eigenvalue weighted by atomic mass is 9.91. The Balaban J connectivity index is 1.40. The average molecular weight is 521 g/mol. The van der Waals surface area contributed by atoms with Crippen LogP contribution in [-0.2, 0) is 11.8 Å². The summed E-state index contributed by atoms with van der Waals surface area (Å²) in [7, 11) is 3.49. The van der Waals surface area contributed by atoms with Crippen LogP contribution in [0.3, 0.4) is 0 Å². The molecule has 2 atom stereocenters. The Morgan fingerprint density at radius 1 is 1.32 bits per heavy atom. The van der Waals surface area contributed by atoms with E-state index in [2.05, 4.69) is 33.3 Å². The third kappa shape index (κ3) is 4.53. The maximum Gasteiger partial charge on any atom is 0.246 e. The first-order valence-corrected chi connectivity index (χ1v) is 12.5. The second-order valence-electron chi connectivity index (χ2n) is 9.42. The number of benzene rings is 1. The van der Waals surface area contributed by atoms with Gasteiger partial charge in [0, 0.05) is 50.7 Å². The highest BCUT2D eigenvalue weighted by atomic mass is 35.5. The van der Waals surface area contributed by atoms with Crippen LogP contribution < -0.4 is 10.5 Å². The molecular weight excluding hydrogens is 492 g/mol. The van der Waals surface area contributed by atoms with E-state index in [4.69, 9.17) is 22.1 Å². The molecule has 1 aromatic carbocycles. The molecule has 0 aliphatic carbocycles. The van der Waals surface area contributed by atoms with Gasteiger partial charge in [-0.05, 0) is 36.1 Å². The van der Waals surface area contributed by atoms with E-state index in [1.165, 1.54) is 12.4 Å². The number of nitrogens with two attached hydrogens (primary N) is 1. The van der Waals surface area contributed by atoms with Gasteiger partial charge in [-0.25, -0.2) is 9.97 Å². The van der Waals surface area contributed by atoms with Gasteiger partial charge >= 0.3 is 0 Å². The Kier molecular flexibility index (Phi) is 6.82. The molecule has 10 heteroatoms. The number of ether oxygens (including phenoxy) is 1. The number of nitrogens with zero attached hydrogens (tertiary/aromatic N) is 5. The van der Waals surface area contributed by atoms with E-state index in [1.54, 1.807) is 18.1 Å². The molecule has 2 aliphatic heterocycles. The van der Waals surface area contributed by atoms with Gasteiger partial charge in [0.15, 0.2) is 0 Å². The first-order chi connectivity index (χ1) is 17.8. The van der Waals surface area contributed by atoms with Crippen molar-refractivity contribution in [2.75, 3.05) is 39.0 Å². The van der Waals surface area contributed by atoms with Crippen LogP contribution >= 0.6 is 11.6 Å². The van der Waals surface area contributed by atoms with Crippen molar-refractivity contribution in [2.45, 2.75) is 18.6 Å². The Hall–Kier alpha value is -3.58. The number of halogens is 1. The van der Waals surface area contributed by atoms with Crippen LogP contribution in [-0.4, -0.2) is 80.8 Å². The van der Waals surface area contributed by atoms with E-state index < -0.39 is 6.10 Å². The summed E-state index contributed by atoms with van der Waals surface area (Å²) < 4.78 is 7.37. The minimum Gasteiger partial charge on any atom is -0.495 e. The monoisotopic (exact) mass is 520 g/mol. The number of aliphatic hydroxyl groups is 1. The smallest absolute Gasteiger partial charge is 0.246 e. The molecule has 4 heterocycles. The summed E-state index contributed by atoms with van der Waals surface area (Å²) in [5.74, 6) is 7.74. The highest BCUT2D eigenvalue weighted by molar-refractivity contribution is 6.32. The highest BCUT2D eigenvalue weighted by Gasteiger charge is 2.38. The van der Waals surface area contributed by atoms with Crippen LogP contribution in [0.4, 0.5) is 5.82 Å². The number of nitrogen functional groups attached to an aromatic ring is 1. The number of hydrogen-bond donors (Lipinski definition) is 2. The number of aliphatic hydroxyl groups excluding tert-OH is 1. The van der Waals surface area contributed by atoms with Gasteiger partial charge in [0.05, 0.1) is 23.6 Å². The van der Waals surface area contributed by atoms with Crippen LogP contribution in [0.5, 0.6) is 5.75 Å². The number of β-amino-alcohol motifs (C(OH)–C–C–N with tert-alkyl or cyclic N) is 1. The summed E-state index contributed by atoms with van der Waals surface area (Å²) in [6, 6.07) is 5.59. The number of carbonyl (C=O) groups excluding carboxylic acids is 1. The molecule has 0 radical (unpaired) electrons. The fourth-order valence-corrected chi connectivity index (χ4v) is 5.43. The lowest BCUT2D eigenvalue weighted by Crippen LogP contribution is -2.61. The molecule has 0 saturated carbocycles. The first kappa shape index (κ1) is 25.1. The van der Waals surface area contributed by atoms with Crippen LogP contribution in [0.15, 0.2) is 37.2 Å². The summed E-state index contributed by atoms with van der Waals surface area (Å²) in [5.41, 5.74) is 9.46. The van der Waals surface area contributed by atoms with Crippen LogP contribution in [0.25, 0.3) is 22.2 Å². The van der Waals surface area contributed by atoms with Gasteiger partial charge in [0.2, 0.25) is 5.91 Å². The maximum atomic E-state index is 11.9. The SMILES string of the molecule is C=CC(=O)N1CC[C@H](N2CC(C#Cc3c(-c4ccc(Cl)c(OC)c4)c4c(N)ncnc4n3C)C2)[C@H](O)C1. The zero-order valence-electron chi connectivity index (χ0n) is 20.8. The summed E-state index contributed by atoms with van der Waals surface area (Å²) in [6.07, 6.45) is 2.88. The van der Waals surface area contributed by atoms with Gasteiger partial charge in [-0.1, -0.05) is 30.2 Å². The van der Waals surface area contributed by atoms with E-state index >= 15 is 0 Å². The third-order valence-electron chi connectivity index (χ3n) is 7.24. The fourth-order valence-electron chi connectivity index (χ4n) is 5.24. The summed E-state index contributed by atoms with van der Waals surface area (Å²) >= 11 is 6.27. The molecule has 3 N–H and O–H groups in total. The minimum atomic E-state index is -0.585. The van der Waals surface area contributed by atoms with Crippen molar-refractivity contribution in [1.82, 2.24) is 24.3 Å². The highest BCUT2D eigenvalue weighted by Crippen LogP contribution is 2.39. The molecule has 2 saturated heterocycles. The van der Waals surface area contributed by atoms with Crippen LogP contribution in [0.2, 0.25) is 5.02 Å². The fraction of sp³-hybridized carbons (Fsp3) is 0.370. The summed E-state index contributed by atoms with van der Waals surface area (Å²) in [6.45, 7) is 6.01. The molecule has 37 heavy (non-hydrogen) atoms. The molecule has 5 rings (SSSR count). The van der Waals surface area contributed by atoms with Crippen molar-refractivity contribution in [2.24, 2.45) is 13.0 Å². The van der Waals surface area contributed by atoms with Crippen molar-refractivity contribution in [3.8, 4) is 28.7 Å². The molecule has 2 aliphatic rings. The minimum absolute atomic E-state index is 0.0247. The van der Waals surface area contributed by atoms with Crippen molar-refractivity contribution in [3.05, 3.63) is 47.9 Å². The van der Waals surface area contributed by atoms with E-state index in [-0.39, 0.29) is 17.9 Å². The maximum absolute atomic E-state index is 11.9. The molecule has 0 unspecified atom stereocenters. The number of fused-ring (bicyclic) bond motifs is 1. The Labute approximate surface area is 220 Å². The van der Waals surface area contributed by atoms with Crippen molar-refractivity contribution >= 4 is 34.4 Å². The number of piperidine rings is 1. The number of aromatic nitrogens is 3. The molecule has 2 aromatic heterocycles. The van der Waals surface area contributed by atoms with Gasteiger partial charge in [-0.2, -0.15) is 0 Å². The van der Waals surface area contributed by atoms with Crippen LogP contribution in [0.1, 0.15) is 12.1 Å².